The van der Waals surface area contributed by atoms with E-state index in [0.717, 1.165) is 32.6 Å². The van der Waals surface area contributed by atoms with Gasteiger partial charge in [0.2, 0.25) is 0 Å². The van der Waals surface area contributed by atoms with Crippen molar-refractivity contribution < 1.29 is 4.74 Å². The zero-order chi connectivity index (χ0) is 10.2. The normalized spacial score (nSPS) is 27.9. The van der Waals surface area contributed by atoms with Crippen molar-refractivity contribution in [3.05, 3.63) is 0 Å². The van der Waals surface area contributed by atoms with Crippen LogP contribution in [0.5, 0.6) is 0 Å². The first-order valence-electron chi connectivity index (χ1n) is 5.79. The summed E-state index contributed by atoms with van der Waals surface area (Å²) in [6, 6.07) is 0.510. The van der Waals surface area contributed by atoms with Crippen LogP contribution in [0.15, 0.2) is 0 Å². The van der Waals surface area contributed by atoms with Crippen LogP contribution in [0.2, 0.25) is 0 Å². The van der Waals surface area contributed by atoms with E-state index < -0.39 is 0 Å². The van der Waals surface area contributed by atoms with Crippen molar-refractivity contribution in [2.75, 3.05) is 19.8 Å². The molecule has 0 bridgehead atoms. The number of hydrogen-bond donors (Lipinski definition) is 1. The molecule has 0 heterocycles. The summed E-state index contributed by atoms with van der Waals surface area (Å²) >= 11 is 6.22. The van der Waals surface area contributed by atoms with Crippen molar-refractivity contribution in [2.24, 2.45) is 0 Å². The SMILES string of the molecule is CCCOCCNC1CCCCC1Cl. The lowest BCUT2D eigenvalue weighted by molar-refractivity contribution is 0.133. The fourth-order valence-electron chi connectivity index (χ4n) is 1.88. The first-order chi connectivity index (χ1) is 6.84. The molecule has 14 heavy (non-hydrogen) atoms. The van der Waals surface area contributed by atoms with E-state index in [9.17, 15) is 0 Å². The van der Waals surface area contributed by atoms with Crippen molar-refractivity contribution in [3.63, 3.8) is 0 Å². The molecule has 1 fully saturated rings. The van der Waals surface area contributed by atoms with Crippen LogP contribution in [0.1, 0.15) is 39.0 Å². The second-order valence-corrected chi connectivity index (χ2v) is 4.53. The maximum Gasteiger partial charge on any atom is 0.0591 e. The molecule has 0 spiro atoms. The highest BCUT2D eigenvalue weighted by Crippen LogP contribution is 2.22. The summed E-state index contributed by atoms with van der Waals surface area (Å²) in [5.41, 5.74) is 0. The summed E-state index contributed by atoms with van der Waals surface area (Å²) in [5.74, 6) is 0. The Bertz CT molecular complexity index is 143. The zero-order valence-corrected chi connectivity index (χ0v) is 9.85. The number of alkyl halides is 1. The second-order valence-electron chi connectivity index (χ2n) is 3.97. The molecule has 1 saturated carbocycles. The average molecular weight is 220 g/mol. The van der Waals surface area contributed by atoms with E-state index in [2.05, 4.69) is 12.2 Å². The van der Waals surface area contributed by atoms with E-state index in [-0.39, 0.29) is 0 Å². The molecule has 0 aromatic heterocycles. The molecule has 0 aromatic carbocycles. The van der Waals surface area contributed by atoms with Crippen molar-refractivity contribution in [2.45, 2.75) is 50.4 Å². The smallest absolute Gasteiger partial charge is 0.0591 e. The van der Waals surface area contributed by atoms with Crippen LogP contribution >= 0.6 is 11.6 Å². The van der Waals surface area contributed by atoms with E-state index in [1.807, 2.05) is 0 Å². The van der Waals surface area contributed by atoms with E-state index in [4.69, 9.17) is 16.3 Å². The molecule has 3 heteroatoms. The Morgan fingerprint density at radius 1 is 1.29 bits per heavy atom. The Balaban J connectivity index is 1.99. The van der Waals surface area contributed by atoms with Gasteiger partial charge in [-0.25, -0.2) is 0 Å². The molecule has 0 aliphatic heterocycles. The average Bonchev–Trinajstić information content (AvgIpc) is 2.20. The highest BCUT2D eigenvalue weighted by atomic mass is 35.5. The molecule has 1 aliphatic rings. The van der Waals surface area contributed by atoms with Gasteiger partial charge < -0.3 is 10.1 Å². The molecule has 1 rings (SSSR count). The number of halogens is 1. The van der Waals surface area contributed by atoms with Gasteiger partial charge in [-0.3, -0.25) is 0 Å². The van der Waals surface area contributed by atoms with E-state index in [0.29, 0.717) is 11.4 Å². The quantitative estimate of drug-likeness (QED) is 0.548. The predicted molar refractivity (Wildman–Crippen MR) is 61.0 cm³/mol. The van der Waals surface area contributed by atoms with E-state index in [1.165, 1.54) is 19.3 Å². The van der Waals surface area contributed by atoms with E-state index >= 15 is 0 Å². The lowest BCUT2D eigenvalue weighted by atomic mass is 9.95. The van der Waals surface area contributed by atoms with Gasteiger partial charge in [-0.05, 0) is 19.3 Å². The summed E-state index contributed by atoms with van der Waals surface area (Å²) < 4.78 is 5.40. The van der Waals surface area contributed by atoms with Crippen LogP contribution < -0.4 is 5.32 Å². The van der Waals surface area contributed by atoms with Gasteiger partial charge in [0.05, 0.1) is 6.61 Å². The third-order valence-electron chi connectivity index (χ3n) is 2.68. The number of hydrogen-bond acceptors (Lipinski definition) is 2. The predicted octanol–water partition coefficient (Wildman–Crippen LogP) is 2.55. The van der Waals surface area contributed by atoms with Crippen LogP contribution in [0.25, 0.3) is 0 Å². The topological polar surface area (TPSA) is 21.3 Å². The first kappa shape index (κ1) is 12.3. The zero-order valence-electron chi connectivity index (χ0n) is 9.10. The van der Waals surface area contributed by atoms with Crippen molar-refractivity contribution >= 4 is 11.6 Å². The minimum Gasteiger partial charge on any atom is -0.380 e. The van der Waals surface area contributed by atoms with Gasteiger partial charge in [0.25, 0.3) is 0 Å². The number of nitrogens with one attached hydrogen (secondary N) is 1. The van der Waals surface area contributed by atoms with Crippen molar-refractivity contribution in [3.8, 4) is 0 Å². The van der Waals surface area contributed by atoms with E-state index in [1.54, 1.807) is 0 Å². The molecule has 84 valence electrons. The van der Waals surface area contributed by atoms with Crippen LogP contribution in [0.3, 0.4) is 0 Å². The Labute approximate surface area is 92.3 Å². The second kappa shape index (κ2) is 7.49. The molecule has 2 nitrogen and oxygen atoms in total. The molecule has 0 aromatic rings. The Hall–Kier alpha value is 0.210. The minimum absolute atomic E-state index is 0.329. The molecule has 2 atom stereocenters. The maximum atomic E-state index is 6.22. The molecule has 1 N–H and O–H groups in total. The number of ether oxygens (including phenoxy) is 1. The maximum absolute atomic E-state index is 6.22. The van der Waals surface area contributed by atoms with Crippen LogP contribution in [-0.2, 0) is 4.74 Å². The molecule has 2 unspecified atom stereocenters. The first-order valence-corrected chi connectivity index (χ1v) is 6.23. The Morgan fingerprint density at radius 3 is 2.79 bits per heavy atom. The third kappa shape index (κ3) is 4.63. The highest BCUT2D eigenvalue weighted by Gasteiger charge is 2.21. The largest absolute Gasteiger partial charge is 0.380 e. The van der Waals surface area contributed by atoms with Gasteiger partial charge in [0.15, 0.2) is 0 Å². The summed E-state index contributed by atoms with van der Waals surface area (Å²) in [6.07, 6.45) is 6.09. The Morgan fingerprint density at radius 2 is 2.07 bits per heavy atom. The van der Waals surface area contributed by atoms with Gasteiger partial charge in [-0.2, -0.15) is 0 Å². The standard InChI is InChI=1S/C11H22ClNO/c1-2-8-14-9-7-13-11-6-4-3-5-10(11)12/h10-11,13H,2-9H2,1H3. The van der Waals surface area contributed by atoms with Crippen LogP contribution in [0.4, 0.5) is 0 Å². The number of rotatable bonds is 6. The fraction of sp³-hybridized carbons (Fsp3) is 1.00. The summed E-state index contributed by atoms with van der Waals surface area (Å²) in [6.45, 7) is 4.75. The molecular formula is C11H22ClNO. The molecule has 0 saturated heterocycles. The van der Waals surface area contributed by atoms with Crippen LogP contribution in [0, 0.1) is 0 Å². The third-order valence-corrected chi connectivity index (χ3v) is 3.21. The van der Waals surface area contributed by atoms with Gasteiger partial charge in [0, 0.05) is 24.6 Å². The van der Waals surface area contributed by atoms with Gasteiger partial charge in [0.1, 0.15) is 0 Å². The summed E-state index contributed by atoms with van der Waals surface area (Å²) in [4.78, 5) is 0. The Kier molecular flexibility index (Phi) is 6.57. The van der Waals surface area contributed by atoms with Gasteiger partial charge in [-0.15, -0.1) is 11.6 Å². The van der Waals surface area contributed by atoms with Gasteiger partial charge >= 0.3 is 0 Å². The molecule has 1 aliphatic carbocycles. The molecular weight excluding hydrogens is 198 g/mol. The lowest BCUT2D eigenvalue weighted by Gasteiger charge is -2.27. The lowest BCUT2D eigenvalue weighted by Crippen LogP contribution is -2.40. The summed E-state index contributed by atoms with van der Waals surface area (Å²) in [5, 5.41) is 3.80. The molecule has 0 radical (unpaired) electrons. The van der Waals surface area contributed by atoms with Crippen molar-refractivity contribution in [1.82, 2.24) is 5.32 Å². The minimum atomic E-state index is 0.329. The molecule has 0 amide bonds. The van der Waals surface area contributed by atoms with Gasteiger partial charge in [-0.1, -0.05) is 19.8 Å². The summed E-state index contributed by atoms with van der Waals surface area (Å²) in [7, 11) is 0. The fourth-order valence-corrected chi connectivity index (χ4v) is 2.25. The highest BCUT2D eigenvalue weighted by molar-refractivity contribution is 6.21. The van der Waals surface area contributed by atoms with Crippen LogP contribution in [-0.4, -0.2) is 31.2 Å². The monoisotopic (exact) mass is 219 g/mol. The van der Waals surface area contributed by atoms with Crippen molar-refractivity contribution in [1.29, 1.82) is 0 Å².